The Morgan fingerprint density at radius 2 is 1.83 bits per heavy atom. The summed E-state index contributed by atoms with van der Waals surface area (Å²) in [6.45, 7) is 6.24. The lowest BCUT2D eigenvalue weighted by molar-refractivity contribution is 0.0954. The Morgan fingerprint density at radius 1 is 1.10 bits per heavy atom. The van der Waals surface area contributed by atoms with Crippen molar-refractivity contribution in [1.29, 1.82) is 0 Å². The van der Waals surface area contributed by atoms with Gasteiger partial charge in [-0.05, 0) is 37.6 Å². The third kappa shape index (κ3) is 8.10. The quantitative estimate of drug-likeness (QED) is 0.210. The zero-order valence-electron chi connectivity index (χ0n) is 16.9. The number of aliphatic imine (C=N–C) groups is 1. The second kappa shape index (κ2) is 13.3. The second-order valence-electron chi connectivity index (χ2n) is 6.17. The van der Waals surface area contributed by atoms with Crippen molar-refractivity contribution in [2.24, 2.45) is 4.99 Å². The number of benzene rings is 2. The first-order chi connectivity index (χ1) is 13.5. The Hall–Kier alpha value is -2.00. The molecule has 0 heterocycles. The van der Waals surface area contributed by atoms with Gasteiger partial charge in [-0.25, -0.2) is 4.99 Å². The van der Waals surface area contributed by atoms with Gasteiger partial charge < -0.3 is 20.7 Å². The molecule has 158 valence electrons. The molecule has 0 spiro atoms. The first kappa shape index (κ1) is 25.0. The highest BCUT2D eigenvalue weighted by molar-refractivity contribution is 14.0. The van der Waals surface area contributed by atoms with Crippen LogP contribution in [0.4, 0.5) is 0 Å². The standard InChI is InChI=1S/C21H27ClN4O2.HI/c1-4-23-21(26-14-16-10-9-15(2)13-19(16)28-3)25-12-11-24-20(27)17-7-5-6-8-18(17)22;/h5-10,13H,4,11-12,14H2,1-3H3,(H,24,27)(H2,23,25,26);1H. The number of aryl methyl sites for hydroxylation is 1. The number of guanidine groups is 1. The van der Waals surface area contributed by atoms with Gasteiger partial charge in [-0.2, -0.15) is 0 Å². The lowest BCUT2D eigenvalue weighted by Gasteiger charge is -2.13. The number of carbonyl (C=O) groups is 1. The number of halogens is 2. The number of nitrogens with zero attached hydrogens (tertiary/aromatic N) is 1. The Morgan fingerprint density at radius 3 is 2.52 bits per heavy atom. The van der Waals surface area contributed by atoms with E-state index < -0.39 is 0 Å². The number of rotatable bonds is 8. The van der Waals surface area contributed by atoms with Crippen LogP contribution < -0.4 is 20.7 Å². The van der Waals surface area contributed by atoms with Crippen LogP contribution in [0.25, 0.3) is 0 Å². The number of hydrogen-bond acceptors (Lipinski definition) is 3. The number of ether oxygens (including phenoxy) is 1. The van der Waals surface area contributed by atoms with E-state index in [2.05, 4.69) is 20.9 Å². The van der Waals surface area contributed by atoms with E-state index in [1.165, 1.54) is 0 Å². The zero-order valence-corrected chi connectivity index (χ0v) is 20.0. The molecule has 2 rings (SSSR count). The number of carbonyl (C=O) groups excluding carboxylic acids is 1. The molecule has 0 saturated heterocycles. The summed E-state index contributed by atoms with van der Waals surface area (Å²) in [7, 11) is 1.66. The molecule has 0 atom stereocenters. The fourth-order valence-corrected chi connectivity index (χ4v) is 2.81. The minimum Gasteiger partial charge on any atom is -0.496 e. The van der Waals surface area contributed by atoms with Crippen LogP contribution in [-0.2, 0) is 6.54 Å². The molecule has 0 bridgehead atoms. The van der Waals surface area contributed by atoms with E-state index in [1.807, 2.05) is 32.0 Å². The summed E-state index contributed by atoms with van der Waals surface area (Å²) >= 11 is 6.04. The molecule has 8 heteroatoms. The van der Waals surface area contributed by atoms with E-state index in [0.29, 0.717) is 36.2 Å². The van der Waals surface area contributed by atoms with Crippen LogP contribution in [-0.4, -0.2) is 38.6 Å². The Balaban J connectivity index is 0.00000420. The second-order valence-corrected chi connectivity index (χ2v) is 6.58. The first-order valence-electron chi connectivity index (χ1n) is 9.23. The summed E-state index contributed by atoms with van der Waals surface area (Å²) in [5.74, 6) is 1.31. The molecular formula is C21H28ClIN4O2. The Labute approximate surface area is 194 Å². The van der Waals surface area contributed by atoms with Crippen molar-refractivity contribution < 1.29 is 9.53 Å². The van der Waals surface area contributed by atoms with Gasteiger partial charge in [-0.1, -0.05) is 35.9 Å². The van der Waals surface area contributed by atoms with Crippen LogP contribution in [0.2, 0.25) is 5.02 Å². The molecule has 0 aliphatic heterocycles. The van der Waals surface area contributed by atoms with Crippen molar-refractivity contribution in [3.63, 3.8) is 0 Å². The maximum Gasteiger partial charge on any atom is 0.252 e. The van der Waals surface area contributed by atoms with Gasteiger partial charge in [-0.3, -0.25) is 4.79 Å². The SMILES string of the molecule is CCNC(=NCc1ccc(C)cc1OC)NCCNC(=O)c1ccccc1Cl.I. The van der Waals surface area contributed by atoms with E-state index in [4.69, 9.17) is 16.3 Å². The predicted octanol–water partition coefficient (Wildman–Crippen LogP) is 3.76. The average molecular weight is 531 g/mol. The first-order valence-corrected chi connectivity index (χ1v) is 9.61. The van der Waals surface area contributed by atoms with Crippen molar-refractivity contribution in [2.45, 2.75) is 20.4 Å². The van der Waals surface area contributed by atoms with Crippen LogP contribution in [0.5, 0.6) is 5.75 Å². The molecule has 29 heavy (non-hydrogen) atoms. The molecule has 2 aromatic carbocycles. The van der Waals surface area contributed by atoms with Crippen LogP contribution in [0.15, 0.2) is 47.5 Å². The monoisotopic (exact) mass is 530 g/mol. The van der Waals surface area contributed by atoms with E-state index in [9.17, 15) is 4.79 Å². The molecule has 1 amide bonds. The van der Waals surface area contributed by atoms with Crippen molar-refractivity contribution in [1.82, 2.24) is 16.0 Å². The van der Waals surface area contributed by atoms with Gasteiger partial charge in [0.25, 0.3) is 5.91 Å². The lowest BCUT2D eigenvalue weighted by Crippen LogP contribution is -2.41. The van der Waals surface area contributed by atoms with Crippen molar-refractivity contribution in [3.8, 4) is 5.75 Å². The normalized spacial score (nSPS) is 10.7. The smallest absolute Gasteiger partial charge is 0.252 e. The van der Waals surface area contributed by atoms with Gasteiger partial charge in [0.2, 0.25) is 0 Å². The fourth-order valence-electron chi connectivity index (χ4n) is 2.59. The van der Waals surface area contributed by atoms with Crippen LogP contribution >= 0.6 is 35.6 Å². The van der Waals surface area contributed by atoms with Crippen molar-refractivity contribution in [3.05, 3.63) is 64.2 Å². The summed E-state index contributed by atoms with van der Waals surface area (Å²) in [5.41, 5.74) is 2.62. The molecule has 0 fully saturated rings. The van der Waals surface area contributed by atoms with Gasteiger partial charge >= 0.3 is 0 Å². The molecule has 3 N–H and O–H groups in total. The molecule has 0 aliphatic rings. The average Bonchev–Trinajstić information content (AvgIpc) is 2.70. The Bertz CT molecular complexity index is 830. The van der Waals surface area contributed by atoms with E-state index in [0.717, 1.165) is 23.4 Å². The highest BCUT2D eigenvalue weighted by Crippen LogP contribution is 2.20. The minimum absolute atomic E-state index is 0. The summed E-state index contributed by atoms with van der Waals surface area (Å²) < 4.78 is 5.43. The molecular weight excluding hydrogens is 503 g/mol. The van der Waals surface area contributed by atoms with Crippen LogP contribution in [0, 0.1) is 6.92 Å². The summed E-state index contributed by atoms with van der Waals surface area (Å²) in [5, 5.41) is 9.69. The number of amides is 1. The third-order valence-electron chi connectivity index (χ3n) is 4.02. The lowest BCUT2D eigenvalue weighted by atomic mass is 10.1. The number of hydrogen-bond donors (Lipinski definition) is 3. The van der Waals surface area contributed by atoms with E-state index in [-0.39, 0.29) is 29.9 Å². The maximum absolute atomic E-state index is 12.2. The molecule has 0 unspecified atom stereocenters. The maximum atomic E-state index is 12.2. The van der Waals surface area contributed by atoms with E-state index in [1.54, 1.807) is 31.4 Å². The van der Waals surface area contributed by atoms with Gasteiger partial charge in [0.15, 0.2) is 5.96 Å². The molecule has 0 aliphatic carbocycles. The number of methoxy groups -OCH3 is 1. The van der Waals surface area contributed by atoms with Crippen molar-refractivity contribution >= 4 is 47.4 Å². The van der Waals surface area contributed by atoms with Crippen molar-refractivity contribution in [2.75, 3.05) is 26.7 Å². The number of nitrogens with one attached hydrogen (secondary N) is 3. The largest absolute Gasteiger partial charge is 0.496 e. The minimum atomic E-state index is -0.196. The van der Waals surface area contributed by atoms with E-state index >= 15 is 0 Å². The van der Waals surface area contributed by atoms with Gasteiger partial charge in [-0.15, -0.1) is 24.0 Å². The van der Waals surface area contributed by atoms with Crippen LogP contribution in [0.3, 0.4) is 0 Å². The van der Waals surface area contributed by atoms with Gasteiger partial charge in [0, 0.05) is 25.2 Å². The highest BCUT2D eigenvalue weighted by Gasteiger charge is 2.08. The summed E-state index contributed by atoms with van der Waals surface area (Å²) in [6, 6.07) is 13.0. The highest BCUT2D eigenvalue weighted by atomic mass is 127. The Kier molecular flexibility index (Phi) is 11.5. The molecule has 0 saturated carbocycles. The topological polar surface area (TPSA) is 74.8 Å². The molecule has 6 nitrogen and oxygen atoms in total. The summed E-state index contributed by atoms with van der Waals surface area (Å²) in [6.07, 6.45) is 0. The predicted molar refractivity (Wildman–Crippen MR) is 130 cm³/mol. The van der Waals surface area contributed by atoms with Gasteiger partial charge in [0.1, 0.15) is 5.75 Å². The van der Waals surface area contributed by atoms with Gasteiger partial charge in [0.05, 0.1) is 24.2 Å². The fraction of sp³-hybridized carbons (Fsp3) is 0.333. The zero-order chi connectivity index (χ0) is 20.4. The van der Waals surface area contributed by atoms with Crippen LogP contribution in [0.1, 0.15) is 28.4 Å². The molecule has 0 aromatic heterocycles. The third-order valence-corrected chi connectivity index (χ3v) is 4.35. The molecule has 2 aromatic rings. The summed E-state index contributed by atoms with van der Waals surface area (Å²) in [4.78, 5) is 16.8. The molecule has 0 radical (unpaired) electrons.